The number of ether oxygens (including phenoxy) is 1. The van der Waals surface area contributed by atoms with Crippen molar-refractivity contribution in [3.05, 3.63) is 46.7 Å². The zero-order chi connectivity index (χ0) is 17.6. The number of likely N-dealkylation sites (N-methyl/N-ethyl adjacent to an activating group) is 1. The van der Waals surface area contributed by atoms with Gasteiger partial charge in [-0.05, 0) is 38.5 Å². The Morgan fingerprint density at radius 2 is 1.87 bits per heavy atom. The van der Waals surface area contributed by atoms with Crippen LogP contribution in [0.5, 0.6) is 0 Å². The normalized spacial score (nSPS) is 11.8. The van der Waals surface area contributed by atoms with Crippen molar-refractivity contribution in [2.75, 3.05) is 7.05 Å². The van der Waals surface area contributed by atoms with Crippen LogP contribution in [0.3, 0.4) is 0 Å². The Kier molecular flexibility index (Phi) is 6.45. The molecular weight excluding hydrogens is 318 g/mol. The van der Waals surface area contributed by atoms with Crippen LogP contribution in [-0.2, 0) is 16.1 Å². The number of halogens is 1. The summed E-state index contributed by atoms with van der Waals surface area (Å²) in [5.74, 6) is -0.476. The van der Waals surface area contributed by atoms with Gasteiger partial charge in [-0.2, -0.15) is 0 Å². The Balaban J connectivity index is 2.68. The van der Waals surface area contributed by atoms with Crippen molar-refractivity contribution in [1.82, 2.24) is 10.2 Å². The average molecular weight is 340 g/mol. The van der Waals surface area contributed by atoms with Gasteiger partial charge in [0.2, 0.25) is 0 Å². The Bertz CT molecular complexity index is 592. The number of hydrogen-bond donors (Lipinski definition) is 2. The molecule has 0 aliphatic heterocycles. The third-order valence-corrected chi connectivity index (χ3v) is 3.04. The minimum Gasteiger partial charge on any atom is -0.443 e. The zero-order valence-corrected chi connectivity index (χ0v) is 14.5. The van der Waals surface area contributed by atoms with Crippen molar-refractivity contribution < 1.29 is 14.3 Å². The topological polar surface area (TPSA) is 84.7 Å². The first-order valence-corrected chi connectivity index (χ1v) is 7.43. The molecule has 7 heteroatoms. The Hall–Kier alpha value is -2.21. The van der Waals surface area contributed by atoms with Crippen molar-refractivity contribution in [2.45, 2.75) is 32.9 Å². The second kappa shape index (κ2) is 7.87. The van der Waals surface area contributed by atoms with E-state index in [0.29, 0.717) is 5.02 Å². The van der Waals surface area contributed by atoms with Crippen LogP contribution in [0.15, 0.2) is 36.2 Å². The molecule has 0 aliphatic rings. The van der Waals surface area contributed by atoms with Crippen molar-refractivity contribution >= 4 is 23.6 Å². The summed E-state index contributed by atoms with van der Waals surface area (Å²) in [6.07, 6.45) is 0.414. The molecule has 0 aliphatic carbocycles. The summed E-state index contributed by atoms with van der Waals surface area (Å²) in [7, 11) is 1.43. The quantitative estimate of drug-likeness (QED) is 0.826. The number of amides is 2. The first kappa shape index (κ1) is 18.8. The fraction of sp³-hybridized carbons (Fsp3) is 0.375. The molecule has 0 saturated carbocycles. The molecule has 0 fully saturated rings. The first-order valence-electron chi connectivity index (χ1n) is 7.05. The van der Waals surface area contributed by atoms with Gasteiger partial charge in [-0.1, -0.05) is 23.7 Å². The lowest BCUT2D eigenvalue weighted by Crippen LogP contribution is -2.39. The standard InChI is InChI=1S/C16H22ClN3O3/c1-16(2,3)23-15(22)20(4)13(9-18)14(21)19-10-11-5-7-12(17)8-6-11/h5-9H,10,18H2,1-4H3,(H,19,21)/b13-9+. The third kappa shape index (κ3) is 6.20. The molecule has 0 radical (unpaired) electrons. The van der Waals surface area contributed by atoms with Crippen LogP contribution in [0.25, 0.3) is 0 Å². The highest BCUT2D eigenvalue weighted by Gasteiger charge is 2.25. The first-order chi connectivity index (χ1) is 10.6. The van der Waals surface area contributed by atoms with Crippen LogP contribution in [0.1, 0.15) is 26.3 Å². The summed E-state index contributed by atoms with van der Waals surface area (Å²) in [5, 5.41) is 3.31. The van der Waals surface area contributed by atoms with Gasteiger partial charge in [-0.25, -0.2) is 4.79 Å². The van der Waals surface area contributed by atoms with E-state index in [1.54, 1.807) is 45.0 Å². The number of nitrogens with zero attached hydrogens (tertiary/aromatic N) is 1. The molecule has 126 valence electrons. The molecule has 23 heavy (non-hydrogen) atoms. The second-order valence-corrected chi connectivity index (χ2v) is 6.34. The van der Waals surface area contributed by atoms with Gasteiger partial charge >= 0.3 is 6.09 Å². The average Bonchev–Trinajstić information content (AvgIpc) is 2.45. The molecule has 0 saturated heterocycles. The van der Waals surface area contributed by atoms with Crippen LogP contribution < -0.4 is 11.1 Å². The lowest BCUT2D eigenvalue weighted by molar-refractivity contribution is -0.119. The molecular formula is C16H22ClN3O3. The summed E-state index contributed by atoms with van der Waals surface area (Å²) in [4.78, 5) is 25.3. The molecule has 0 heterocycles. The maximum atomic E-state index is 12.2. The number of carbonyl (C=O) groups excluding carboxylic acids is 2. The molecule has 1 rings (SSSR count). The number of benzene rings is 1. The molecule has 0 spiro atoms. The largest absolute Gasteiger partial charge is 0.443 e. The second-order valence-electron chi connectivity index (χ2n) is 5.90. The molecule has 1 aromatic rings. The van der Waals surface area contributed by atoms with E-state index in [1.165, 1.54) is 7.05 Å². The van der Waals surface area contributed by atoms with Gasteiger partial charge in [0.25, 0.3) is 5.91 Å². The fourth-order valence-electron chi connectivity index (χ4n) is 1.64. The molecule has 0 atom stereocenters. The van der Waals surface area contributed by atoms with E-state index < -0.39 is 17.6 Å². The molecule has 1 aromatic carbocycles. The molecule has 3 N–H and O–H groups in total. The van der Waals surface area contributed by atoms with E-state index in [0.717, 1.165) is 16.7 Å². The summed E-state index contributed by atoms with van der Waals surface area (Å²) in [6.45, 7) is 5.51. The molecule has 6 nitrogen and oxygen atoms in total. The summed E-state index contributed by atoms with van der Waals surface area (Å²) in [5.41, 5.74) is 5.70. The van der Waals surface area contributed by atoms with Crippen LogP contribution in [0.2, 0.25) is 5.02 Å². The molecule has 2 amide bonds. The minimum absolute atomic E-state index is 0.00761. The van der Waals surface area contributed by atoms with E-state index in [-0.39, 0.29) is 12.2 Å². The molecule has 0 bridgehead atoms. The maximum Gasteiger partial charge on any atom is 0.414 e. The fourth-order valence-corrected chi connectivity index (χ4v) is 1.77. The molecule has 0 unspecified atom stereocenters. The predicted octanol–water partition coefficient (Wildman–Crippen LogP) is 2.62. The highest BCUT2D eigenvalue weighted by Crippen LogP contribution is 2.13. The van der Waals surface area contributed by atoms with Gasteiger partial charge in [0.05, 0.1) is 0 Å². The van der Waals surface area contributed by atoms with E-state index in [9.17, 15) is 9.59 Å². The number of nitrogens with two attached hydrogens (primary N) is 1. The van der Waals surface area contributed by atoms with Crippen LogP contribution in [0.4, 0.5) is 4.79 Å². The van der Waals surface area contributed by atoms with Gasteiger partial charge in [0.15, 0.2) is 0 Å². The summed E-state index contributed by atoms with van der Waals surface area (Å²) < 4.78 is 5.20. The van der Waals surface area contributed by atoms with E-state index >= 15 is 0 Å². The SMILES string of the molecule is CN(C(=O)OC(C)(C)C)/C(=C/N)C(=O)NCc1ccc(Cl)cc1. The van der Waals surface area contributed by atoms with E-state index in [1.807, 2.05) is 0 Å². The van der Waals surface area contributed by atoms with Crippen molar-refractivity contribution in [2.24, 2.45) is 5.73 Å². The Labute approximate surface area is 141 Å². The zero-order valence-electron chi connectivity index (χ0n) is 13.7. The van der Waals surface area contributed by atoms with Crippen LogP contribution >= 0.6 is 11.6 Å². The Morgan fingerprint density at radius 1 is 1.30 bits per heavy atom. The minimum atomic E-state index is -0.662. The monoisotopic (exact) mass is 339 g/mol. The van der Waals surface area contributed by atoms with Crippen molar-refractivity contribution in [1.29, 1.82) is 0 Å². The van der Waals surface area contributed by atoms with Gasteiger partial charge in [-0.15, -0.1) is 0 Å². The summed E-state index contributed by atoms with van der Waals surface area (Å²) >= 11 is 5.81. The molecule has 0 aromatic heterocycles. The van der Waals surface area contributed by atoms with Gasteiger partial charge in [0, 0.05) is 24.8 Å². The predicted molar refractivity (Wildman–Crippen MR) is 89.6 cm³/mol. The number of carbonyl (C=O) groups is 2. The maximum absolute atomic E-state index is 12.2. The summed E-state index contributed by atoms with van der Waals surface area (Å²) in [6, 6.07) is 7.06. The number of rotatable bonds is 4. The van der Waals surface area contributed by atoms with Crippen molar-refractivity contribution in [3.63, 3.8) is 0 Å². The highest BCUT2D eigenvalue weighted by molar-refractivity contribution is 6.30. The van der Waals surface area contributed by atoms with E-state index in [2.05, 4.69) is 5.32 Å². The van der Waals surface area contributed by atoms with Gasteiger partial charge in [0.1, 0.15) is 11.3 Å². The highest BCUT2D eigenvalue weighted by atomic mass is 35.5. The van der Waals surface area contributed by atoms with Crippen LogP contribution in [-0.4, -0.2) is 29.5 Å². The number of nitrogens with one attached hydrogen (secondary N) is 1. The lowest BCUT2D eigenvalue weighted by Gasteiger charge is -2.25. The van der Waals surface area contributed by atoms with Gasteiger partial charge < -0.3 is 15.8 Å². The number of hydrogen-bond acceptors (Lipinski definition) is 4. The lowest BCUT2D eigenvalue weighted by atomic mass is 10.2. The Morgan fingerprint density at radius 3 is 2.35 bits per heavy atom. The van der Waals surface area contributed by atoms with Crippen LogP contribution in [0, 0.1) is 0 Å². The van der Waals surface area contributed by atoms with Gasteiger partial charge in [-0.3, -0.25) is 9.69 Å². The van der Waals surface area contributed by atoms with Crippen molar-refractivity contribution in [3.8, 4) is 0 Å². The smallest absolute Gasteiger partial charge is 0.414 e. The van der Waals surface area contributed by atoms with E-state index in [4.69, 9.17) is 22.1 Å². The third-order valence-electron chi connectivity index (χ3n) is 2.79.